The maximum Gasteiger partial charge on any atom is 0.258 e. The molecule has 7 nitrogen and oxygen atoms in total. The fourth-order valence-corrected chi connectivity index (χ4v) is 2.65. The van der Waals surface area contributed by atoms with Gasteiger partial charge >= 0.3 is 0 Å². The van der Waals surface area contributed by atoms with Crippen molar-refractivity contribution in [2.45, 2.75) is 6.54 Å². The Morgan fingerprint density at radius 1 is 0.931 bits per heavy atom. The first-order valence-electron chi connectivity index (χ1n) is 9.05. The van der Waals surface area contributed by atoms with Crippen molar-refractivity contribution in [3.63, 3.8) is 0 Å². The maximum atomic E-state index is 11.9. The lowest BCUT2D eigenvalue weighted by Crippen LogP contribution is -2.28. The number of ether oxygens (including phenoxy) is 1. The summed E-state index contributed by atoms with van der Waals surface area (Å²) in [5.74, 6) is 1.64. The van der Waals surface area contributed by atoms with Crippen molar-refractivity contribution in [2.75, 3.05) is 6.61 Å². The number of carbonyl (C=O) groups is 1. The second-order valence-corrected chi connectivity index (χ2v) is 6.15. The molecule has 0 aliphatic heterocycles. The van der Waals surface area contributed by atoms with Gasteiger partial charge < -0.3 is 14.5 Å². The second-order valence-electron chi connectivity index (χ2n) is 6.15. The Morgan fingerprint density at radius 3 is 2.59 bits per heavy atom. The summed E-state index contributed by atoms with van der Waals surface area (Å²) in [4.78, 5) is 25.1. The van der Waals surface area contributed by atoms with Crippen molar-refractivity contribution < 1.29 is 13.9 Å². The molecule has 0 unspecified atom stereocenters. The number of aromatic nitrogens is 3. The van der Waals surface area contributed by atoms with Crippen LogP contribution in [0.3, 0.4) is 0 Å². The van der Waals surface area contributed by atoms with E-state index < -0.39 is 0 Å². The predicted molar refractivity (Wildman–Crippen MR) is 107 cm³/mol. The van der Waals surface area contributed by atoms with Crippen LogP contribution in [0.2, 0.25) is 0 Å². The van der Waals surface area contributed by atoms with Crippen LogP contribution in [0.1, 0.15) is 5.76 Å². The van der Waals surface area contributed by atoms with Gasteiger partial charge in [-0.3, -0.25) is 9.78 Å². The van der Waals surface area contributed by atoms with Crippen molar-refractivity contribution >= 4 is 5.91 Å². The Labute approximate surface area is 167 Å². The van der Waals surface area contributed by atoms with E-state index in [1.807, 2.05) is 36.4 Å². The topological polar surface area (TPSA) is 90.1 Å². The van der Waals surface area contributed by atoms with Crippen LogP contribution in [0.25, 0.3) is 22.8 Å². The van der Waals surface area contributed by atoms with Crippen LogP contribution in [0.15, 0.2) is 83.7 Å². The largest absolute Gasteiger partial charge is 0.484 e. The third-order valence-corrected chi connectivity index (χ3v) is 4.11. The Kier molecular flexibility index (Phi) is 5.57. The molecule has 4 aromatic rings. The van der Waals surface area contributed by atoms with Crippen molar-refractivity contribution in [3.05, 3.63) is 85.1 Å². The van der Waals surface area contributed by atoms with Crippen LogP contribution in [0, 0.1) is 0 Å². The number of benzene rings is 1. The summed E-state index contributed by atoms with van der Waals surface area (Å²) in [6.07, 6.45) is 5.00. The highest BCUT2D eigenvalue weighted by Crippen LogP contribution is 2.21. The Morgan fingerprint density at radius 2 is 1.83 bits per heavy atom. The average molecular weight is 386 g/mol. The van der Waals surface area contributed by atoms with Crippen molar-refractivity contribution in [1.82, 2.24) is 20.3 Å². The summed E-state index contributed by atoms with van der Waals surface area (Å²) >= 11 is 0. The average Bonchev–Trinajstić information content (AvgIpc) is 3.31. The molecule has 0 aliphatic carbocycles. The molecule has 0 bridgehead atoms. The molecule has 4 rings (SSSR count). The third kappa shape index (κ3) is 4.84. The van der Waals surface area contributed by atoms with E-state index in [9.17, 15) is 4.79 Å². The molecule has 0 fully saturated rings. The summed E-state index contributed by atoms with van der Waals surface area (Å²) < 4.78 is 10.7. The normalized spacial score (nSPS) is 10.5. The van der Waals surface area contributed by atoms with Crippen molar-refractivity contribution in [2.24, 2.45) is 0 Å². The summed E-state index contributed by atoms with van der Waals surface area (Å²) in [6.45, 7) is 0.254. The fraction of sp³-hybridized carbons (Fsp3) is 0.0909. The number of hydrogen-bond donors (Lipinski definition) is 1. The predicted octanol–water partition coefficient (Wildman–Crippen LogP) is 3.49. The molecular formula is C22H18N4O3. The minimum atomic E-state index is -0.225. The number of amides is 1. The van der Waals surface area contributed by atoms with Gasteiger partial charge in [0.05, 0.1) is 24.2 Å². The van der Waals surface area contributed by atoms with Gasteiger partial charge in [-0.25, -0.2) is 9.97 Å². The summed E-state index contributed by atoms with van der Waals surface area (Å²) in [5.41, 5.74) is 2.39. The van der Waals surface area contributed by atoms with E-state index in [0.717, 1.165) is 17.0 Å². The van der Waals surface area contributed by atoms with Crippen LogP contribution in [-0.4, -0.2) is 27.5 Å². The highest BCUT2D eigenvalue weighted by molar-refractivity contribution is 5.77. The number of carbonyl (C=O) groups excluding carboxylic acids is 1. The summed E-state index contributed by atoms with van der Waals surface area (Å²) in [7, 11) is 0. The molecule has 1 aromatic carbocycles. The molecule has 0 saturated carbocycles. The first-order valence-corrected chi connectivity index (χ1v) is 9.05. The number of rotatable bonds is 7. The molecule has 7 heteroatoms. The molecule has 29 heavy (non-hydrogen) atoms. The number of nitrogens with zero attached hydrogens (tertiary/aromatic N) is 3. The molecule has 0 aliphatic rings. The molecule has 0 spiro atoms. The van der Waals surface area contributed by atoms with E-state index in [-0.39, 0.29) is 12.5 Å². The Hall–Kier alpha value is -4.00. The molecule has 1 amide bonds. The molecule has 1 N–H and O–H groups in total. The quantitative estimate of drug-likeness (QED) is 0.523. The van der Waals surface area contributed by atoms with E-state index in [0.29, 0.717) is 23.9 Å². The standard InChI is InChI=1S/C22H18N4O3/c27-21(25-14-18-4-3-13-28-18)15-29-17-8-6-16(7-9-17)22-24-12-10-20(26-22)19-5-1-2-11-23-19/h1-13H,14-15H2,(H,25,27). The monoisotopic (exact) mass is 386 g/mol. The van der Waals surface area contributed by atoms with Gasteiger partial charge in [0.15, 0.2) is 12.4 Å². The van der Waals surface area contributed by atoms with Crippen LogP contribution < -0.4 is 10.1 Å². The zero-order chi connectivity index (χ0) is 19.9. The van der Waals surface area contributed by atoms with Crippen LogP contribution in [0.4, 0.5) is 0 Å². The van der Waals surface area contributed by atoms with E-state index in [1.165, 1.54) is 0 Å². The summed E-state index contributed by atoms with van der Waals surface area (Å²) in [6, 6.07) is 18.4. The van der Waals surface area contributed by atoms with Crippen LogP contribution in [-0.2, 0) is 11.3 Å². The van der Waals surface area contributed by atoms with E-state index in [4.69, 9.17) is 9.15 Å². The first-order chi connectivity index (χ1) is 14.3. The van der Waals surface area contributed by atoms with Gasteiger partial charge in [0.1, 0.15) is 11.5 Å². The highest BCUT2D eigenvalue weighted by Gasteiger charge is 2.07. The molecular weight excluding hydrogens is 368 g/mol. The number of pyridine rings is 1. The van der Waals surface area contributed by atoms with Crippen LogP contribution >= 0.6 is 0 Å². The molecule has 0 saturated heterocycles. The lowest BCUT2D eigenvalue weighted by molar-refractivity contribution is -0.123. The summed E-state index contributed by atoms with van der Waals surface area (Å²) in [5, 5.41) is 2.73. The first kappa shape index (κ1) is 18.4. The number of furan rings is 1. The third-order valence-electron chi connectivity index (χ3n) is 4.11. The van der Waals surface area contributed by atoms with Gasteiger partial charge in [-0.1, -0.05) is 6.07 Å². The lowest BCUT2D eigenvalue weighted by atomic mass is 10.2. The molecule has 0 radical (unpaired) electrons. The van der Waals surface area contributed by atoms with E-state index in [1.54, 1.807) is 42.9 Å². The molecule has 0 atom stereocenters. The van der Waals surface area contributed by atoms with Gasteiger partial charge in [0.25, 0.3) is 5.91 Å². The Balaban J connectivity index is 1.36. The van der Waals surface area contributed by atoms with Gasteiger partial charge in [-0.2, -0.15) is 0 Å². The van der Waals surface area contributed by atoms with E-state index in [2.05, 4.69) is 20.3 Å². The van der Waals surface area contributed by atoms with Gasteiger partial charge in [-0.15, -0.1) is 0 Å². The number of nitrogens with one attached hydrogen (secondary N) is 1. The Bertz CT molecular complexity index is 1060. The van der Waals surface area contributed by atoms with Gasteiger partial charge in [0.2, 0.25) is 0 Å². The van der Waals surface area contributed by atoms with Crippen molar-refractivity contribution in [1.29, 1.82) is 0 Å². The molecule has 3 heterocycles. The maximum absolute atomic E-state index is 11.9. The van der Waals surface area contributed by atoms with Crippen LogP contribution in [0.5, 0.6) is 5.75 Å². The molecule has 144 valence electrons. The number of hydrogen-bond acceptors (Lipinski definition) is 6. The van der Waals surface area contributed by atoms with Gasteiger partial charge in [-0.05, 0) is 54.6 Å². The zero-order valence-corrected chi connectivity index (χ0v) is 15.5. The minimum Gasteiger partial charge on any atom is -0.484 e. The highest BCUT2D eigenvalue weighted by atomic mass is 16.5. The molecule has 3 aromatic heterocycles. The smallest absolute Gasteiger partial charge is 0.258 e. The second kappa shape index (κ2) is 8.79. The van der Waals surface area contributed by atoms with Gasteiger partial charge in [0, 0.05) is 18.0 Å². The lowest BCUT2D eigenvalue weighted by Gasteiger charge is -2.08. The van der Waals surface area contributed by atoms with E-state index >= 15 is 0 Å². The minimum absolute atomic E-state index is 0.0777. The SMILES string of the molecule is O=C(COc1ccc(-c2nccc(-c3ccccn3)n2)cc1)NCc1ccco1. The fourth-order valence-electron chi connectivity index (χ4n) is 2.65. The zero-order valence-electron chi connectivity index (χ0n) is 15.5. The van der Waals surface area contributed by atoms with Crippen molar-refractivity contribution in [3.8, 4) is 28.5 Å².